The second kappa shape index (κ2) is 7.77. The summed E-state index contributed by atoms with van der Waals surface area (Å²) in [5, 5.41) is 11.9. The third kappa shape index (κ3) is 5.11. The van der Waals surface area contributed by atoms with Crippen LogP contribution in [0.15, 0.2) is 30.9 Å². The summed E-state index contributed by atoms with van der Waals surface area (Å²) < 4.78 is 5.19. The first kappa shape index (κ1) is 16.3. The lowest BCUT2D eigenvalue weighted by Gasteiger charge is -2.13. The highest BCUT2D eigenvalue weighted by atomic mass is 35.5. The first-order chi connectivity index (χ1) is 9.43. The van der Waals surface area contributed by atoms with Gasteiger partial charge < -0.3 is 15.2 Å². The number of rotatable bonds is 7. The zero-order valence-corrected chi connectivity index (χ0v) is 11.9. The fourth-order valence-corrected chi connectivity index (χ4v) is 1.69. The molecule has 1 atom stereocenters. The molecular formula is C13H13Cl2NO4. The Morgan fingerprint density at radius 1 is 1.45 bits per heavy atom. The van der Waals surface area contributed by atoms with Gasteiger partial charge in [0.15, 0.2) is 6.61 Å². The van der Waals surface area contributed by atoms with E-state index < -0.39 is 17.9 Å². The maximum absolute atomic E-state index is 11.6. The van der Waals surface area contributed by atoms with Crippen LogP contribution in [0.4, 0.5) is 0 Å². The highest BCUT2D eigenvalue weighted by Gasteiger charge is 2.18. The van der Waals surface area contributed by atoms with Gasteiger partial charge in [-0.2, -0.15) is 0 Å². The number of halogens is 2. The Morgan fingerprint density at radius 2 is 2.15 bits per heavy atom. The first-order valence-corrected chi connectivity index (χ1v) is 6.40. The molecule has 0 aliphatic rings. The highest BCUT2D eigenvalue weighted by Crippen LogP contribution is 2.27. The third-order valence-electron chi connectivity index (χ3n) is 2.29. The summed E-state index contributed by atoms with van der Waals surface area (Å²) in [6.07, 6.45) is 1.53. The molecule has 0 aliphatic carbocycles. The van der Waals surface area contributed by atoms with Gasteiger partial charge in [0.05, 0.1) is 5.02 Å². The molecule has 1 rings (SSSR count). The van der Waals surface area contributed by atoms with Crippen LogP contribution < -0.4 is 10.1 Å². The van der Waals surface area contributed by atoms with Gasteiger partial charge in [0.25, 0.3) is 5.91 Å². The van der Waals surface area contributed by atoms with Gasteiger partial charge in [0, 0.05) is 11.1 Å². The predicted molar refractivity (Wildman–Crippen MR) is 76.3 cm³/mol. The number of aliphatic carboxylic acids is 1. The van der Waals surface area contributed by atoms with Gasteiger partial charge in [-0.3, -0.25) is 4.79 Å². The number of carboxylic acids is 1. The molecule has 2 N–H and O–H groups in total. The van der Waals surface area contributed by atoms with E-state index in [1.807, 2.05) is 0 Å². The molecule has 5 nitrogen and oxygen atoms in total. The van der Waals surface area contributed by atoms with Crippen LogP contribution in [0.2, 0.25) is 10.0 Å². The van der Waals surface area contributed by atoms with Gasteiger partial charge >= 0.3 is 5.97 Å². The quantitative estimate of drug-likeness (QED) is 0.758. The fourth-order valence-electron chi connectivity index (χ4n) is 1.36. The maximum atomic E-state index is 11.6. The number of ether oxygens (including phenoxy) is 1. The van der Waals surface area contributed by atoms with Crippen LogP contribution in [-0.4, -0.2) is 29.6 Å². The minimum atomic E-state index is -1.14. The van der Waals surface area contributed by atoms with Crippen molar-refractivity contribution in [2.24, 2.45) is 0 Å². The number of hydrogen-bond donors (Lipinski definition) is 2. The fraction of sp³-hybridized carbons (Fsp3) is 0.231. The molecule has 1 aromatic carbocycles. The molecule has 0 saturated carbocycles. The van der Waals surface area contributed by atoms with Crippen molar-refractivity contribution in [1.82, 2.24) is 5.32 Å². The van der Waals surface area contributed by atoms with E-state index in [2.05, 4.69) is 11.9 Å². The van der Waals surface area contributed by atoms with Crippen molar-refractivity contribution in [2.75, 3.05) is 6.61 Å². The van der Waals surface area contributed by atoms with E-state index in [9.17, 15) is 9.59 Å². The lowest BCUT2D eigenvalue weighted by Crippen LogP contribution is -2.42. The molecule has 20 heavy (non-hydrogen) atoms. The minimum absolute atomic E-state index is 0.124. The van der Waals surface area contributed by atoms with Crippen LogP contribution in [0, 0.1) is 0 Å². The maximum Gasteiger partial charge on any atom is 0.326 e. The van der Waals surface area contributed by atoms with E-state index in [1.54, 1.807) is 6.07 Å². The number of amides is 1. The second-order valence-corrected chi connectivity index (χ2v) is 4.69. The van der Waals surface area contributed by atoms with Gasteiger partial charge in [0.1, 0.15) is 11.8 Å². The minimum Gasteiger partial charge on any atom is -0.482 e. The Morgan fingerprint density at radius 3 is 2.75 bits per heavy atom. The average Bonchev–Trinajstić information content (AvgIpc) is 2.39. The van der Waals surface area contributed by atoms with Gasteiger partial charge in [0.2, 0.25) is 0 Å². The van der Waals surface area contributed by atoms with Crippen molar-refractivity contribution in [2.45, 2.75) is 12.5 Å². The Labute approximate surface area is 126 Å². The zero-order valence-electron chi connectivity index (χ0n) is 10.4. The molecule has 0 radical (unpaired) electrons. The Bertz CT molecular complexity index is 519. The standard InChI is InChI=1S/C13H13Cl2NO4/c1-2-3-10(13(18)19)16-12(17)7-20-11-6-8(14)4-5-9(11)15/h2,4-6,10H,1,3,7H2,(H,16,17)(H,18,19). The molecule has 7 heteroatoms. The lowest BCUT2D eigenvalue weighted by atomic mass is 10.2. The topological polar surface area (TPSA) is 75.6 Å². The summed E-state index contributed by atoms with van der Waals surface area (Å²) in [5.41, 5.74) is 0. The lowest BCUT2D eigenvalue weighted by molar-refractivity contribution is -0.142. The predicted octanol–water partition coefficient (Wildman–Crippen LogP) is 2.52. The van der Waals surface area contributed by atoms with Gasteiger partial charge in [-0.25, -0.2) is 4.79 Å². The van der Waals surface area contributed by atoms with Gasteiger partial charge in [-0.1, -0.05) is 29.3 Å². The van der Waals surface area contributed by atoms with Crippen LogP contribution in [-0.2, 0) is 9.59 Å². The van der Waals surface area contributed by atoms with Crippen molar-refractivity contribution in [3.05, 3.63) is 40.9 Å². The summed E-state index contributed by atoms with van der Waals surface area (Å²) in [4.78, 5) is 22.4. The molecule has 108 valence electrons. The number of carboxylic acid groups (broad SMARTS) is 1. The number of hydrogen-bond acceptors (Lipinski definition) is 3. The van der Waals surface area contributed by atoms with E-state index in [1.165, 1.54) is 18.2 Å². The van der Waals surface area contributed by atoms with Crippen LogP contribution in [0.3, 0.4) is 0 Å². The van der Waals surface area contributed by atoms with E-state index in [4.69, 9.17) is 33.0 Å². The summed E-state index contributed by atoms with van der Waals surface area (Å²) in [6, 6.07) is 3.56. The van der Waals surface area contributed by atoms with E-state index in [0.29, 0.717) is 10.0 Å². The van der Waals surface area contributed by atoms with Crippen molar-refractivity contribution < 1.29 is 19.4 Å². The van der Waals surface area contributed by atoms with Crippen molar-refractivity contribution in [3.63, 3.8) is 0 Å². The molecule has 0 aliphatic heterocycles. The molecule has 1 unspecified atom stereocenters. The molecular weight excluding hydrogens is 305 g/mol. The second-order valence-electron chi connectivity index (χ2n) is 3.85. The van der Waals surface area contributed by atoms with Crippen molar-refractivity contribution >= 4 is 35.1 Å². The molecule has 1 amide bonds. The summed E-state index contributed by atoms with van der Waals surface area (Å²) in [5.74, 6) is -1.46. The van der Waals surface area contributed by atoms with Crippen LogP contribution in [0.1, 0.15) is 6.42 Å². The third-order valence-corrected chi connectivity index (χ3v) is 2.84. The van der Waals surface area contributed by atoms with Crippen molar-refractivity contribution in [1.29, 1.82) is 0 Å². The van der Waals surface area contributed by atoms with Gasteiger partial charge in [-0.15, -0.1) is 6.58 Å². The van der Waals surface area contributed by atoms with E-state index in [-0.39, 0.29) is 18.8 Å². The number of carbonyl (C=O) groups is 2. The molecule has 0 heterocycles. The Hall–Kier alpha value is -1.72. The molecule has 0 bridgehead atoms. The van der Waals surface area contributed by atoms with E-state index in [0.717, 1.165) is 0 Å². The number of nitrogens with one attached hydrogen (secondary N) is 1. The van der Waals surface area contributed by atoms with Crippen molar-refractivity contribution in [3.8, 4) is 5.75 Å². The first-order valence-electron chi connectivity index (χ1n) is 5.65. The van der Waals surface area contributed by atoms with E-state index >= 15 is 0 Å². The smallest absolute Gasteiger partial charge is 0.326 e. The Kier molecular flexibility index (Phi) is 6.35. The summed E-state index contributed by atoms with van der Waals surface area (Å²) in [6.45, 7) is 3.07. The highest BCUT2D eigenvalue weighted by molar-refractivity contribution is 6.34. The van der Waals surface area contributed by atoms with Crippen LogP contribution >= 0.6 is 23.2 Å². The molecule has 0 saturated heterocycles. The Balaban J connectivity index is 2.56. The molecule has 0 spiro atoms. The monoisotopic (exact) mass is 317 g/mol. The SMILES string of the molecule is C=CCC(NC(=O)COc1cc(Cl)ccc1Cl)C(=O)O. The molecule has 0 aromatic heterocycles. The zero-order chi connectivity index (χ0) is 15.1. The van der Waals surface area contributed by atoms with Gasteiger partial charge in [-0.05, 0) is 18.6 Å². The normalized spacial score (nSPS) is 11.5. The summed E-state index contributed by atoms with van der Waals surface area (Å²) >= 11 is 11.6. The molecule has 0 fully saturated rings. The number of carbonyl (C=O) groups excluding carboxylic acids is 1. The summed E-state index contributed by atoms with van der Waals surface area (Å²) in [7, 11) is 0. The van der Waals surface area contributed by atoms with Crippen LogP contribution in [0.25, 0.3) is 0 Å². The van der Waals surface area contributed by atoms with Crippen LogP contribution in [0.5, 0.6) is 5.75 Å². The average molecular weight is 318 g/mol. The molecule has 1 aromatic rings. The number of benzene rings is 1. The largest absolute Gasteiger partial charge is 0.482 e.